The summed E-state index contributed by atoms with van der Waals surface area (Å²) in [5, 5.41) is 0. The largest absolute Gasteiger partial charge is 0.340 e. The second-order valence-corrected chi connectivity index (χ2v) is 5.21. The fourth-order valence-corrected chi connectivity index (χ4v) is 2.45. The van der Waals surface area contributed by atoms with Gasteiger partial charge in [-0.1, -0.05) is 0 Å². The van der Waals surface area contributed by atoms with Gasteiger partial charge in [0.2, 0.25) is 5.91 Å². The van der Waals surface area contributed by atoms with Crippen LogP contribution in [0.4, 0.5) is 0 Å². The third-order valence-corrected chi connectivity index (χ3v) is 3.23. The van der Waals surface area contributed by atoms with E-state index in [-0.39, 0.29) is 12.5 Å². The summed E-state index contributed by atoms with van der Waals surface area (Å²) in [6.45, 7) is 0.704. The maximum atomic E-state index is 11.1. The van der Waals surface area contributed by atoms with Crippen molar-refractivity contribution in [2.24, 2.45) is 5.73 Å². The number of halogens is 1. The summed E-state index contributed by atoms with van der Waals surface area (Å²) in [7, 11) is 1.75. The average molecular weight is 263 g/mol. The molecule has 0 atom stereocenters. The molecule has 0 saturated carbocycles. The number of nitrogens with two attached hydrogens (primary N) is 1. The molecule has 1 rings (SSSR count). The summed E-state index contributed by atoms with van der Waals surface area (Å²) in [5.74, 6) is -0.0375. The van der Waals surface area contributed by atoms with Crippen LogP contribution < -0.4 is 5.73 Å². The molecule has 0 aliphatic carbocycles. The Morgan fingerprint density at radius 1 is 1.69 bits per heavy atom. The molecule has 1 aromatic heterocycles. The molecule has 0 radical (unpaired) electrons. The van der Waals surface area contributed by atoms with Crippen molar-refractivity contribution in [1.82, 2.24) is 4.90 Å². The average Bonchev–Trinajstić information content (AvgIpc) is 2.49. The molecule has 1 amide bonds. The van der Waals surface area contributed by atoms with Gasteiger partial charge in [0.1, 0.15) is 0 Å². The van der Waals surface area contributed by atoms with Crippen LogP contribution in [0.3, 0.4) is 0 Å². The SMILES string of the molecule is CN(Cc1ccc(Br)s1)C(=O)CN. The van der Waals surface area contributed by atoms with E-state index in [9.17, 15) is 4.79 Å². The highest BCUT2D eigenvalue weighted by atomic mass is 79.9. The molecule has 0 aromatic carbocycles. The van der Waals surface area contributed by atoms with Gasteiger partial charge in [-0.3, -0.25) is 4.79 Å². The highest BCUT2D eigenvalue weighted by Gasteiger charge is 2.07. The minimum Gasteiger partial charge on any atom is -0.340 e. The Bertz CT molecular complexity index is 300. The van der Waals surface area contributed by atoms with Gasteiger partial charge in [0.05, 0.1) is 16.9 Å². The fourth-order valence-electron chi connectivity index (χ4n) is 0.914. The predicted molar refractivity (Wildman–Crippen MR) is 57.5 cm³/mol. The zero-order valence-corrected chi connectivity index (χ0v) is 9.69. The summed E-state index contributed by atoms with van der Waals surface area (Å²) >= 11 is 4.99. The number of hydrogen-bond donors (Lipinski definition) is 1. The maximum Gasteiger partial charge on any atom is 0.236 e. The van der Waals surface area contributed by atoms with Gasteiger partial charge in [-0.2, -0.15) is 0 Å². The molecule has 0 bridgehead atoms. The number of amides is 1. The van der Waals surface area contributed by atoms with Crippen LogP contribution in [0.25, 0.3) is 0 Å². The smallest absolute Gasteiger partial charge is 0.236 e. The van der Waals surface area contributed by atoms with E-state index in [2.05, 4.69) is 15.9 Å². The van der Waals surface area contributed by atoms with E-state index in [1.807, 2.05) is 12.1 Å². The Balaban J connectivity index is 2.54. The standard InChI is InChI=1S/C8H11BrN2OS/c1-11(8(12)4-10)5-6-2-3-7(9)13-6/h2-3H,4-5,10H2,1H3. The van der Waals surface area contributed by atoms with E-state index in [0.717, 1.165) is 8.66 Å². The molecule has 3 nitrogen and oxygen atoms in total. The van der Waals surface area contributed by atoms with E-state index < -0.39 is 0 Å². The zero-order valence-electron chi connectivity index (χ0n) is 7.29. The highest BCUT2D eigenvalue weighted by molar-refractivity contribution is 9.11. The van der Waals surface area contributed by atoms with E-state index in [0.29, 0.717) is 6.54 Å². The fraction of sp³-hybridized carbons (Fsp3) is 0.375. The Morgan fingerprint density at radius 2 is 2.38 bits per heavy atom. The lowest BCUT2D eigenvalue weighted by Gasteiger charge is -2.14. The number of carbonyl (C=O) groups excluding carboxylic acids is 1. The summed E-state index contributed by atoms with van der Waals surface area (Å²) in [5.41, 5.74) is 5.23. The molecular weight excluding hydrogens is 252 g/mol. The van der Waals surface area contributed by atoms with Gasteiger partial charge in [0.15, 0.2) is 0 Å². The van der Waals surface area contributed by atoms with Gasteiger partial charge in [-0.25, -0.2) is 0 Å². The van der Waals surface area contributed by atoms with Gasteiger partial charge in [0, 0.05) is 11.9 Å². The first-order valence-electron chi connectivity index (χ1n) is 3.81. The van der Waals surface area contributed by atoms with Crippen molar-refractivity contribution in [3.8, 4) is 0 Å². The summed E-state index contributed by atoms with van der Waals surface area (Å²) in [6.07, 6.45) is 0. The Kier molecular flexibility index (Phi) is 3.90. The molecule has 0 aliphatic rings. The first-order chi connectivity index (χ1) is 6.13. The topological polar surface area (TPSA) is 46.3 Å². The number of hydrogen-bond acceptors (Lipinski definition) is 3. The molecule has 0 aliphatic heterocycles. The summed E-state index contributed by atoms with van der Waals surface area (Å²) < 4.78 is 1.08. The summed E-state index contributed by atoms with van der Waals surface area (Å²) in [4.78, 5) is 13.9. The predicted octanol–water partition coefficient (Wildman–Crippen LogP) is 1.43. The third-order valence-electron chi connectivity index (χ3n) is 1.62. The van der Waals surface area contributed by atoms with E-state index in [1.54, 1.807) is 23.3 Å². The number of nitrogens with zero attached hydrogens (tertiary/aromatic N) is 1. The van der Waals surface area contributed by atoms with Gasteiger partial charge in [0.25, 0.3) is 0 Å². The minimum absolute atomic E-state index is 0.0375. The van der Waals surface area contributed by atoms with Gasteiger partial charge >= 0.3 is 0 Å². The minimum atomic E-state index is -0.0375. The molecule has 0 fully saturated rings. The number of rotatable bonds is 3. The summed E-state index contributed by atoms with van der Waals surface area (Å²) in [6, 6.07) is 3.97. The third kappa shape index (κ3) is 3.10. The van der Waals surface area contributed by atoms with Crippen molar-refractivity contribution in [3.63, 3.8) is 0 Å². The molecule has 5 heteroatoms. The van der Waals surface area contributed by atoms with Crippen molar-refractivity contribution in [2.75, 3.05) is 13.6 Å². The Labute approximate surface area is 89.7 Å². The number of carbonyl (C=O) groups is 1. The second-order valence-electron chi connectivity index (χ2n) is 2.66. The molecule has 72 valence electrons. The Morgan fingerprint density at radius 3 is 2.85 bits per heavy atom. The molecule has 0 unspecified atom stereocenters. The maximum absolute atomic E-state index is 11.1. The van der Waals surface area contributed by atoms with E-state index in [1.165, 1.54) is 0 Å². The molecule has 1 heterocycles. The van der Waals surface area contributed by atoms with Crippen LogP contribution in [0.15, 0.2) is 15.9 Å². The first kappa shape index (κ1) is 10.7. The quantitative estimate of drug-likeness (QED) is 0.896. The molecular formula is C8H11BrN2OS. The van der Waals surface area contributed by atoms with E-state index >= 15 is 0 Å². The lowest BCUT2D eigenvalue weighted by atomic mass is 10.4. The van der Waals surface area contributed by atoms with Crippen LogP contribution in [0.1, 0.15) is 4.88 Å². The van der Waals surface area contributed by atoms with Crippen LogP contribution >= 0.6 is 27.3 Å². The van der Waals surface area contributed by atoms with Crippen LogP contribution in [0, 0.1) is 0 Å². The van der Waals surface area contributed by atoms with Crippen LogP contribution in [-0.2, 0) is 11.3 Å². The lowest BCUT2D eigenvalue weighted by molar-refractivity contribution is -0.128. The van der Waals surface area contributed by atoms with Crippen molar-refractivity contribution in [2.45, 2.75) is 6.54 Å². The number of likely N-dealkylation sites (N-methyl/N-ethyl adjacent to an activating group) is 1. The van der Waals surface area contributed by atoms with Gasteiger partial charge < -0.3 is 10.6 Å². The van der Waals surface area contributed by atoms with Crippen LogP contribution in [0.2, 0.25) is 0 Å². The highest BCUT2D eigenvalue weighted by Crippen LogP contribution is 2.22. The van der Waals surface area contributed by atoms with Crippen molar-refractivity contribution < 1.29 is 4.79 Å². The van der Waals surface area contributed by atoms with Crippen molar-refractivity contribution in [3.05, 3.63) is 20.8 Å². The molecule has 1 aromatic rings. The normalized spacial score (nSPS) is 10.1. The molecule has 2 N–H and O–H groups in total. The first-order valence-corrected chi connectivity index (χ1v) is 5.42. The van der Waals surface area contributed by atoms with E-state index in [4.69, 9.17) is 5.73 Å². The van der Waals surface area contributed by atoms with Crippen LogP contribution in [0.5, 0.6) is 0 Å². The van der Waals surface area contributed by atoms with Gasteiger partial charge in [-0.15, -0.1) is 11.3 Å². The monoisotopic (exact) mass is 262 g/mol. The van der Waals surface area contributed by atoms with Crippen molar-refractivity contribution in [1.29, 1.82) is 0 Å². The Hall–Kier alpha value is -0.390. The lowest BCUT2D eigenvalue weighted by Crippen LogP contribution is -2.31. The van der Waals surface area contributed by atoms with Crippen LogP contribution in [-0.4, -0.2) is 24.4 Å². The molecule has 13 heavy (non-hydrogen) atoms. The van der Waals surface area contributed by atoms with Crippen molar-refractivity contribution >= 4 is 33.2 Å². The molecule has 0 saturated heterocycles. The van der Waals surface area contributed by atoms with Gasteiger partial charge in [-0.05, 0) is 28.1 Å². The number of thiophene rings is 1. The zero-order chi connectivity index (χ0) is 9.84. The second kappa shape index (κ2) is 4.74. The molecule has 0 spiro atoms.